The van der Waals surface area contributed by atoms with Crippen molar-refractivity contribution < 1.29 is 19.2 Å². The van der Waals surface area contributed by atoms with Crippen molar-refractivity contribution in [3.63, 3.8) is 0 Å². The molecule has 38 heavy (non-hydrogen) atoms. The number of aryl methyl sites for hydroxylation is 1. The Hall–Kier alpha value is -4.44. The first kappa shape index (κ1) is 23.9. The van der Waals surface area contributed by atoms with Gasteiger partial charge in [0.2, 0.25) is 0 Å². The van der Waals surface area contributed by atoms with Gasteiger partial charge in [-0.25, -0.2) is 25.0 Å². The average Bonchev–Trinajstić information content (AvgIpc) is 3.45. The zero-order chi connectivity index (χ0) is 26.2. The largest absolute Gasteiger partial charge is 0.465 e. The van der Waals surface area contributed by atoms with Crippen LogP contribution in [-0.4, -0.2) is 33.6 Å². The minimum absolute atomic E-state index is 0.114. The standard InChI is InChI=1S/C28H25N5O4S/c1-36-27(34)21-17-11-5-8-14-20(17)38-26(21)32-37-28(35)22-23-25(31-19-13-7-6-12-18(19)30-23)33(24(22)29)15-16-9-3-2-4-10-16/h2-4,6-7,9-10,12-13,32H,5,8,11,14-15,29H2,1H3. The predicted molar refractivity (Wildman–Crippen MR) is 146 cm³/mol. The number of esters is 1. The zero-order valence-electron chi connectivity index (χ0n) is 20.7. The van der Waals surface area contributed by atoms with Gasteiger partial charge in [0.25, 0.3) is 0 Å². The van der Waals surface area contributed by atoms with Gasteiger partial charge in [0.15, 0.2) is 5.65 Å². The quantitative estimate of drug-likeness (QED) is 0.230. The van der Waals surface area contributed by atoms with Gasteiger partial charge in [-0.3, -0.25) is 0 Å². The molecule has 0 bridgehead atoms. The molecule has 1 aliphatic carbocycles. The fourth-order valence-electron chi connectivity index (χ4n) is 4.94. The van der Waals surface area contributed by atoms with Crippen molar-refractivity contribution in [2.24, 2.45) is 0 Å². The Kier molecular flexibility index (Phi) is 6.16. The van der Waals surface area contributed by atoms with Crippen LogP contribution in [0.25, 0.3) is 22.2 Å². The molecule has 2 aromatic carbocycles. The third kappa shape index (κ3) is 4.12. The maximum atomic E-state index is 13.5. The van der Waals surface area contributed by atoms with Crippen LogP contribution in [0.5, 0.6) is 0 Å². The number of nitrogens with one attached hydrogen (secondary N) is 1. The van der Waals surface area contributed by atoms with E-state index in [1.54, 1.807) is 4.57 Å². The van der Waals surface area contributed by atoms with Crippen LogP contribution in [0.15, 0.2) is 54.6 Å². The van der Waals surface area contributed by atoms with Gasteiger partial charge in [-0.2, -0.15) is 0 Å². The maximum absolute atomic E-state index is 13.5. The third-order valence-corrected chi connectivity index (χ3v) is 7.96. The van der Waals surface area contributed by atoms with Crippen LogP contribution in [0.3, 0.4) is 0 Å². The van der Waals surface area contributed by atoms with Gasteiger partial charge >= 0.3 is 11.9 Å². The van der Waals surface area contributed by atoms with Crippen LogP contribution in [0, 0.1) is 0 Å². The Bertz CT molecular complexity index is 1690. The molecule has 3 heterocycles. The normalized spacial score (nSPS) is 12.9. The molecule has 10 heteroatoms. The fourth-order valence-corrected chi connectivity index (χ4v) is 6.16. The molecule has 0 radical (unpaired) electrons. The summed E-state index contributed by atoms with van der Waals surface area (Å²) in [4.78, 5) is 42.2. The lowest BCUT2D eigenvalue weighted by molar-refractivity contribution is 0.0574. The number of aromatic nitrogens is 3. The molecule has 0 amide bonds. The van der Waals surface area contributed by atoms with Crippen molar-refractivity contribution in [3.05, 3.63) is 81.7 Å². The van der Waals surface area contributed by atoms with Crippen LogP contribution in [0.4, 0.5) is 10.8 Å². The monoisotopic (exact) mass is 527 g/mol. The Morgan fingerprint density at radius 2 is 1.68 bits per heavy atom. The highest BCUT2D eigenvalue weighted by atomic mass is 32.1. The molecule has 0 aliphatic heterocycles. The Morgan fingerprint density at radius 3 is 2.45 bits per heavy atom. The lowest BCUT2D eigenvalue weighted by Crippen LogP contribution is -2.15. The van der Waals surface area contributed by atoms with E-state index in [1.165, 1.54) is 18.4 Å². The zero-order valence-corrected chi connectivity index (χ0v) is 21.5. The molecule has 9 nitrogen and oxygen atoms in total. The molecule has 0 unspecified atom stereocenters. The first-order chi connectivity index (χ1) is 18.5. The summed E-state index contributed by atoms with van der Waals surface area (Å²) >= 11 is 1.41. The van der Waals surface area contributed by atoms with Crippen molar-refractivity contribution in [2.75, 3.05) is 18.3 Å². The summed E-state index contributed by atoms with van der Waals surface area (Å²) in [6.45, 7) is 0.404. The number of hydrogen-bond acceptors (Lipinski definition) is 9. The van der Waals surface area contributed by atoms with Crippen LogP contribution < -0.4 is 11.2 Å². The smallest absolute Gasteiger partial charge is 0.368 e. The molecular weight excluding hydrogens is 502 g/mol. The van der Waals surface area contributed by atoms with Gasteiger partial charge in [0.1, 0.15) is 27.5 Å². The van der Waals surface area contributed by atoms with E-state index in [0.717, 1.165) is 41.7 Å². The number of carbonyl (C=O) groups is 2. The molecule has 5 aromatic rings. The number of benzene rings is 2. The number of hydrogen-bond donors (Lipinski definition) is 2. The Balaban J connectivity index is 1.40. The van der Waals surface area contributed by atoms with Crippen molar-refractivity contribution >= 4 is 56.3 Å². The summed E-state index contributed by atoms with van der Waals surface area (Å²) in [5, 5.41) is 0.445. The molecule has 0 atom stereocenters. The molecule has 6 rings (SSSR count). The lowest BCUT2D eigenvalue weighted by Gasteiger charge is -2.12. The minimum atomic E-state index is -0.717. The summed E-state index contributed by atoms with van der Waals surface area (Å²) in [5.74, 6) is -0.977. The Labute approximate surface area is 222 Å². The van der Waals surface area contributed by atoms with Gasteiger partial charge in [-0.1, -0.05) is 42.5 Å². The molecule has 1 aliphatic rings. The van der Waals surface area contributed by atoms with Crippen LogP contribution in [0.1, 0.15) is 49.6 Å². The van der Waals surface area contributed by atoms with Crippen molar-refractivity contribution in [3.8, 4) is 0 Å². The fraction of sp³-hybridized carbons (Fsp3) is 0.214. The van der Waals surface area contributed by atoms with Crippen molar-refractivity contribution in [2.45, 2.75) is 32.2 Å². The van der Waals surface area contributed by atoms with Gasteiger partial charge in [-0.15, -0.1) is 11.3 Å². The summed E-state index contributed by atoms with van der Waals surface area (Å²) in [6, 6.07) is 17.2. The molecule has 0 fully saturated rings. The summed E-state index contributed by atoms with van der Waals surface area (Å²) < 4.78 is 6.78. The SMILES string of the molecule is COC(=O)c1c(NOC(=O)c2c(N)n(Cc3ccccc3)c3nc4ccccc4nc23)sc2c1CCCC2. The molecule has 3 aromatic heterocycles. The molecule has 0 saturated carbocycles. The topological polar surface area (TPSA) is 121 Å². The van der Waals surface area contributed by atoms with Gasteiger partial charge in [0.05, 0.1) is 24.7 Å². The van der Waals surface area contributed by atoms with E-state index in [9.17, 15) is 9.59 Å². The van der Waals surface area contributed by atoms with E-state index in [1.807, 2.05) is 54.6 Å². The average molecular weight is 528 g/mol. The van der Waals surface area contributed by atoms with Gasteiger partial charge in [0, 0.05) is 4.88 Å². The van der Waals surface area contributed by atoms with Crippen LogP contribution in [-0.2, 0) is 29.0 Å². The highest BCUT2D eigenvalue weighted by Gasteiger charge is 2.29. The third-order valence-electron chi connectivity index (χ3n) is 6.78. The predicted octanol–water partition coefficient (Wildman–Crippen LogP) is 5.13. The lowest BCUT2D eigenvalue weighted by atomic mass is 9.95. The number of nitrogen functional groups attached to an aromatic ring is 1. The Morgan fingerprint density at radius 1 is 0.974 bits per heavy atom. The van der Waals surface area contributed by atoms with E-state index >= 15 is 0 Å². The molecule has 0 spiro atoms. The van der Waals surface area contributed by atoms with Crippen molar-refractivity contribution in [1.82, 2.24) is 14.5 Å². The summed E-state index contributed by atoms with van der Waals surface area (Å²) in [5.41, 5.74) is 13.9. The number of nitrogens with two attached hydrogens (primary N) is 1. The second-order valence-electron chi connectivity index (χ2n) is 9.11. The molecule has 3 N–H and O–H groups in total. The highest BCUT2D eigenvalue weighted by molar-refractivity contribution is 7.16. The van der Waals surface area contributed by atoms with E-state index in [0.29, 0.717) is 39.3 Å². The van der Waals surface area contributed by atoms with E-state index < -0.39 is 11.9 Å². The maximum Gasteiger partial charge on any atom is 0.368 e. The van der Waals surface area contributed by atoms with Gasteiger partial charge in [-0.05, 0) is 48.9 Å². The summed E-state index contributed by atoms with van der Waals surface area (Å²) in [7, 11) is 1.34. The number of ether oxygens (including phenoxy) is 1. The van der Waals surface area contributed by atoms with Crippen molar-refractivity contribution in [1.29, 1.82) is 0 Å². The number of thiophene rings is 1. The first-order valence-corrected chi connectivity index (χ1v) is 13.1. The molecule has 0 saturated heterocycles. The number of methoxy groups -OCH3 is 1. The number of carbonyl (C=O) groups excluding carboxylic acids is 2. The number of nitrogens with zero attached hydrogens (tertiary/aromatic N) is 3. The van der Waals surface area contributed by atoms with Crippen LogP contribution >= 0.6 is 11.3 Å². The van der Waals surface area contributed by atoms with E-state index in [2.05, 4.69) is 5.48 Å². The number of anilines is 2. The number of para-hydroxylation sites is 2. The first-order valence-electron chi connectivity index (χ1n) is 12.3. The number of rotatable bonds is 6. The van der Waals surface area contributed by atoms with E-state index in [4.69, 9.17) is 25.3 Å². The summed E-state index contributed by atoms with van der Waals surface area (Å²) in [6.07, 6.45) is 3.71. The minimum Gasteiger partial charge on any atom is -0.465 e. The van der Waals surface area contributed by atoms with Gasteiger partial charge < -0.3 is 19.9 Å². The van der Waals surface area contributed by atoms with E-state index in [-0.39, 0.29) is 11.4 Å². The second kappa shape index (κ2) is 9.79. The second-order valence-corrected chi connectivity index (χ2v) is 10.2. The van der Waals surface area contributed by atoms with Crippen LogP contribution in [0.2, 0.25) is 0 Å². The number of fused-ring (bicyclic) bond motifs is 3. The molecule has 192 valence electrons. The highest BCUT2D eigenvalue weighted by Crippen LogP contribution is 2.39. The molecular formula is C28H25N5O4S.